The van der Waals surface area contributed by atoms with E-state index in [1.807, 2.05) is 72.8 Å². The molecule has 0 aliphatic carbocycles. The number of carbonyl (C=O) groups excluding carboxylic acids is 2. The van der Waals surface area contributed by atoms with E-state index >= 15 is 0 Å². The van der Waals surface area contributed by atoms with Crippen LogP contribution in [-0.4, -0.2) is 38.2 Å². The lowest BCUT2D eigenvalue weighted by Gasteiger charge is -2.19. The van der Waals surface area contributed by atoms with Gasteiger partial charge < -0.3 is 21.3 Å². The molecule has 0 unspecified atom stereocenters. The SMILES string of the molecule is O=C(NCCCCCCCCCCCCNC(=O)NCC(c1ccccc1)c1ccccc1)NCC(c1ccccc1)c1ccccc1. The predicted octanol–water partition coefficient (Wildman–Crippen LogP) is 9.15. The molecule has 48 heavy (non-hydrogen) atoms. The number of urea groups is 2. The van der Waals surface area contributed by atoms with Gasteiger partial charge in [0.15, 0.2) is 0 Å². The van der Waals surface area contributed by atoms with Gasteiger partial charge in [-0.15, -0.1) is 0 Å². The number of amides is 4. The first-order valence-corrected chi connectivity index (χ1v) is 17.9. The molecule has 0 aliphatic heterocycles. The van der Waals surface area contributed by atoms with Crippen LogP contribution in [0.5, 0.6) is 0 Å². The summed E-state index contributed by atoms with van der Waals surface area (Å²) in [6.07, 6.45) is 11.7. The Hall–Kier alpha value is -4.58. The zero-order chi connectivity index (χ0) is 33.5. The molecule has 0 atom stereocenters. The smallest absolute Gasteiger partial charge is 0.314 e. The molecular weight excluding hydrogens is 592 g/mol. The molecule has 6 heteroatoms. The molecule has 6 nitrogen and oxygen atoms in total. The summed E-state index contributed by atoms with van der Waals surface area (Å²) >= 11 is 0. The maximum atomic E-state index is 12.5. The van der Waals surface area contributed by atoms with Crippen molar-refractivity contribution < 1.29 is 9.59 Å². The average Bonchev–Trinajstić information content (AvgIpc) is 3.13. The Morgan fingerprint density at radius 2 is 0.604 bits per heavy atom. The number of unbranched alkanes of at least 4 members (excludes halogenated alkanes) is 9. The first-order chi connectivity index (χ1) is 23.7. The van der Waals surface area contributed by atoms with Gasteiger partial charge in [0, 0.05) is 38.0 Å². The molecule has 0 heterocycles. The highest BCUT2D eigenvalue weighted by atomic mass is 16.2. The van der Waals surface area contributed by atoms with Crippen LogP contribution in [0.15, 0.2) is 121 Å². The summed E-state index contributed by atoms with van der Waals surface area (Å²) in [4.78, 5) is 24.9. The predicted molar refractivity (Wildman–Crippen MR) is 198 cm³/mol. The monoisotopic (exact) mass is 646 g/mol. The lowest BCUT2D eigenvalue weighted by atomic mass is 9.91. The van der Waals surface area contributed by atoms with E-state index < -0.39 is 0 Å². The van der Waals surface area contributed by atoms with Crippen molar-refractivity contribution in [3.63, 3.8) is 0 Å². The second kappa shape index (κ2) is 22.1. The van der Waals surface area contributed by atoms with Crippen LogP contribution in [0.2, 0.25) is 0 Å². The Morgan fingerprint density at radius 1 is 0.354 bits per heavy atom. The van der Waals surface area contributed by atoms with Crippen molar-refractivity contribution in [2.45, 2.75) is 76.0 Å². The highest BCUT2D eigenvalue weighted by molar-refractivity contribution is 5.74. The first kappa shape index (κ1) is 36.3. The molecule has 4 aromatic rings. The van der Waals surface area contributed by atoms with Crippen molar-refractivity contribution in [1.82, 2.24) is 21.3 Å². The molecular formula is C42H54N4O2. The fraction of sp³-hybridized carbons (Fsp3) is 0.381. The van der Waals surface area contributed by atoms with Crippen LogP contribution in [-0.2, 0) is 0 Å². The quantitative estimate of drug-likeness (QED) is 0.0681. The molecule has 0 aliphatic rings. The van der Waals surface area contributed by atoms with Gasteiger partial charge in [0.05, 0.1) is 0 Å². The zero-order valence-electron chi connectivity index (χ0n) is 28.4. The van der Waals surface area contributed by atoms with Crippen molar-refractivity contribution in [2.75, 3.05) is 26.2 Å². The van der Waals surface area contributed by atoms with Gasteiger partial charge in [-0.2, -0.15) is 0 Å². The molecule has 4 aromatic carbocycles. The van der Waals surface area contributed by atoms with Gasteiger partial charge in [-0.25, -0.2) is 9.59 Å². The number of carbonyl (C=O) groups is 2. The van der Waals surface area contributed by atoms with E-state index in [0.29, 0.717) is 26.2 Å². The van der Waals surface area contributed by atoms with Crippen LogP contribution >= 0.6 is 0 Å². The van der Waals surface area contributed by atoms with Gasteiger partial charge in [0.1, 0.15) is 0 Å². The second-order valence-electron chi connectivity index (χ2n) is 12.6. The molecule has 0 radical (unpaired) electrons. The van der Waals surface area contributed by atoms with E-state index in [2.05, 4.69) is 69.8 Å². The standard InChI is InChI=1S/C42H54N4O2/c47-41(45-33-39(35-23-13-9-14-24-35)36-25-15-10-16-26-36)43-31-21-7-5-3-1-2-4-6-8-22-32-44-42(48)46-34-40(37-27-17-11-18-28-37)38-29-19-12-20-30-38/h9-20,23-30,39-40H,1-8,21-22,31-34H2,(H2,43,45,47)(H2,44,46,48). The van der Waals surface area contributed by atoms with Crippen molar-refractivity contribution in [1.29, 1.82) is 0 Å². The van der Waals surface area contributed by atoms with Gasteiger partial charge in [0.25, 0.3) is 0 Å². The van der Waals surface area contributed by atoms with Gasteiger partial charge >= 0.3 is 12.1 Å². The molecule has 0 spiro atoms. The van der Waals surface area contributed by atoms with Crippen LogP contribution in [0, 0.1) is 0 Å². The van der Waals surface area contributed by atoms with Crippen LogP contribution in [0.4, 0.5) is 9.59 Å². The summed E-state index contributed by atoms with van der Waals surface area (Å²) in [7, 11) is 0. The van der Waals surface area contributed by atoms with Crippen LogP contribution < -0.4 is 21.3 Å². The normalized spacial score (nSPS) is 11.0. The Kier molecular flexibility index (Phi) is 16.7. The van der Waals surface area contributed by atoms with Crippen molar-refractivity contribution in [3.05, 3.63) is 144 Å². The van der Waals surface area contributed by atoms with E-state index in [1.165, 1.54) is 60.8 Å². The van der Waals surface area contributed by atoms with E-state index in [9.17, 15) is 9.59 Å². The summed E-state index contributed by atoms with van der Waals surface area (Å²) in [5, 5.41) is 12.2. The minimum atomic E-state index is -0.0950. The minimum absolute atomic E-state index is 0.0950. The highest BCUT2D eigenvalue weighted by Crippen LogP contribution is 2.24. The topological polar surface area (TPSA) is 82.3 Å². The Labute approximate surface area is 288 Å². The molecule has 4 N–H and O–H groups in total. The van der Waals surface area contributed by atoms with Crippen LogP contribution in [0.25, 0.3) is 0 Å². The van der Waals surface area contributed by atoms with Gasteiger partial charge in [0.2, 0.25) is 0 Å². The molecule has 0 saturated carbocycles. The van der Waals surface area contributed by atoms with Gasteiger partial charge in [-0.05, 0) is 35.1 Å². The average molecular weight is 647 g/mol. The minimum Gasteiger partial charge on any atom is -0.338 e. The number of benzene rings is 4. The number of hydrogen-bond donors (Lipinski definition) is 4. The Balaban J connectivity index is 0.954. The third-order valence-corrected chi connectivity index (χ3v) is 8.92. The highest BCUT2D eigenvalue weighted by Gasteiger charge is 2.16. The van der Waals surface area contributed by atoms with E-state index in [1.54, 1.807) is 0 Å². The van der Waals surface area contributed by atoms with Crippen molar-refractivity contribution in [3.8, 4) is 0 Å². The maximum absolute atomic E-state index is 12.5. The van der Waals surface area contributed by atoms with E-state index in [0.717, 1.165) is 25.7 Å². The summed E-state index contributed by atoms with van der Waals surface area (Å²) in [6.45, 7) is 2.55. The molecule has 0 bridgehead atoms. The molecule has 4 rings (SSSR count). The third kappa shape index (κ3) is 13.6. The van der Waals surface area contributed by atoms with Crippen molar-refractivity contribution >= 4 is 12.1 Å². The fourth-order valence-electron chi connectivity index (χ4n) is 6.18. The molecule has 4 amide bonds. The Bertz CT molecular complexity index is 1230. The molecule has 0 saturated heterocycles. The molecule has 0 aromatic heterocycles. The fourth-order valence-corrected chi connectivity index (χ4v) is 6.18. The largest absolute Gasteiger partial charge is 0.338 e. The number of rotatable bonds is 21. The lowest BCUT2D eigenvalue weighted by Crippen LogP contribution is -2.38. The van der Waals surface area contributed by atoms with Crippen molar-refractivity contribution in [2.24, 2.45) is 0 Å². The van der Waals surface area contributed by atoms with E-state index in [-0.39, 0.29) is 23.9 Å². The van der Waals surface area contributed by atoms with Gasteiger partial charge in [-0.3, -0.25) is 0 Å². The van der Waals surface area contributed by atoms with Crippen LogP contribution in [0.1, 0.15) is 98.3 Å². The summed E-state index contributed by atoms with van der Waals surface area (Å²) < 4.78 is 0. The summed E-state index contributed by atoms with van der Waals surface area (Å²) in [5.74, 6) is 0.260. The molecule has 0 fully saturated rings. The third-order valence-electron chi connectivity index (χ3n) is 8.92. The Morgan fingerprint density at radius 3 is 0.875 bits per heavy atom. The zero-order valence-corrected chi connectivity index (χ0v) is 28.4. The summed E-state index contributed by atoms with van der Waals surface area (Å²) in [6, 6.07) is 41.2. The number of nitrogens with one attached hydrogen (secondary N) is 4. The second-order valence-corrected chi connectivity index (χ2v) is 12.6. The van der Waals surface area contributed by atoms with Gasteiger partial charge in [-0.1, -0.05) is 173 Å². The molecule has 254 valence electrons. The lowest BCUT2D eigenvalue weighted by molar-refractivity contribution is 0.239. The van der Waals surface area contributed by atoms with Crippen LogP contribution in [0.3, 0.4) is 0 Å². The first-order valence-electron chi connectivity index (χ1n) is 17.9. The van der Waals surface area contributed by atoms with E-state index in [4.69, 9.17) is 0 Å². The maximum Gasteiger partial charge on any atom is 0.314 e. The summed E-state index contributed by atoms with van der Waals surface area (Å²) in [5.41, 5.74) is 4.81. The number of hydrogen-bond acceptors (Lipinski definition) is 2.